The second kappa shape index (κ2) is 3.22. The zero-order valence-corrected chi connectivity index (χ0v) is 7.08. The number of hydrogen-bond donors (Lipinski definition) is 1. The molecule has 0 aliphatic carbocycles. The number of carbonyl (C=O) groups is 1. The summed E-state index contributed by atoms with van der Waals surface area (Å²) in [7, 11) is 2.00. The van der Waals surface area contributed by atoms with E-state index in [2.05, 4.69) is 11.8 Å². The maximum atomic E-state index is 10.4. The molecule has 0 spiro atoms. The fraction of sp³-hybridized carbons (Fsp3) is 0.875. The Labute approximate surface area is 67.0 Å². The van der Waals surface area contributed by atoms with Crippen LogP contribution in [0.2, 0.25) is 0 Å². The van der Waals surface area contributed by atoms with Gasteiger partial charge in [-0.1, -0.05) is 6.92 Å². The van der Waals surface area contributed by atoms with Gasteiger partial charge in [0.15, 0.2) is 0 Å². The summed E-state index contributed by atoms with van der Waals surface area (Å²) in [5, 5.41) is 8.58. The summed E-state index contributed by atoms with van der Waals surface area (Å²) >= 11 is 0. The van der Waals surface area contributed by atoms with Gasteiger partial charge in [0, 0.05) is 6.04 Å². The fourth-order valence-corrected chi connectivity index (χ4v) is 1.74. The predicted octanol–water partition coefficient (Wildman–Crippen LogP) is 0.801. The molecule has 3 nitrogen and oxygen atoms in total. The Hall–Kier alpha value is -0.570. The molecule has 0 saturated carbocycles. The third-order valence-electron chi connectivity index (χ3n) is 2.54. The van der Waals surface area contributed by atoms with E-state index in [-0.39, 0.29) is 12.5 Å². The highest BCUT2D eigenvalue weighted by Crippen LogP contribution is 2.24. The van der Waals surface area contributed by atoms with Crippen LogP contribution in [-0.2, 0) is 4.79 Å². The van der Waals surface area contributed by atoms with Crippen LogP contribution in [0.25, 0.3) is 0 Å². The number of rotatable bonds is 2. The van der Waals surface area contributed by atoms with Gasteiger partial charge in [-0.15, -0.1) is 0 Å². The SMILES string of the molecule is C[C@H]1CCN(C)[C@@H]1CC(=O)O. The highest BCUT2D eigenvalue weighted by molar-refractivity contribution is 5.67. The molecule has 1 rings (SSSR count). The Kier molecular flexibility index (Phi) is 2.49. The zero-order valence-electron chi connectivity index (χ0n) is 7.08. The van der Waals surface area contributed by atoms with Crippen LogP contribution in [0.5, 0.6) is 0 Å². The van der Waals surface area contributed by atoms with Gasteiger partial charge in [0.05, 0.1) is 6.42 Å². The van der Waals surface area contributed by atoms with E-state index < -0.39 is 5.97 Å². The Morgan fingerprint density at radius 1 is 1.73 bits per heavy atom. The Morgan fingerprint density at radius 2 is 2.36 bits per heavy atom. The Balaban J connectivity index is 2.47. The molecular weight excluding hydrogens is 142 g/mol. The zero-order chi connectivity index (χ0) is 8.43. The summed E-state index contributed by atoms with van der Waals surface area (Å²) in [6.07, 6.45) is 1.42. The molecule has 0 bridgehead atoms. The van der Waals surface area contributed by atoms with Gasteiger partial charge in [-0.05, 0) is 25.9 Å². The van der Waals surface area contributed by atoms with Crippen molar-refractivity contribution < 1.29 is 9.90 Å². The van der Waals surface area contributed by atoms with E-state index >= 15 is 0 Å². The molecule has 0 aromatic rings. The van der Waals surface area contributed by atoms with Crippen molar-refractivity contribution in [3.05, 3.63) is 0 Å². The summed E-state index contributed by atoms with van der Waals surface area (Å²) in [5.74, 6) is -0.147. The number of carboxylic acid groups (broad SMARTS) is 1. The van der Waals surface area contributed by atoms with E-state index in [1.807, 2.05) is 7.05 Å². The summed E-state index contributed by atoms with van der Waals surface area (Å²) in [4.78, 5) is 12.6. The number of hydrogen-bond acceptors (Lipinski definition) is 2. The van der Waals surface area contributed by atoms with Crippen molar-refractivity contribution in [2.75, 3.05) is 13.6 Å². The van der Waals surface area contributed by atoms with Crippen LogP contribution >= 0.6 is 0 Å². The minimum Gasteiger partial charge on any atom is -0.481 e. The van der Waals surface area contributed by atoms with Crippen molar-refractivity contribution in [2.24, 2.45) is 5.92 Å². The molecule has 3 heteroatoms. The first-order valence-corrected chi connectivity index (χ1v) is 4.03. The van der Waals surface area contributed by atoms with Crippen molar-refractivity contribution in [3.8, 4) is 0 Å². The second-order valence-corrected chi connectivity index (χ2v) is 3.41. The molecule has 1 N–H and O–H groups in total. The molecule has 2 atom stereocenters. The van der Waals surface area contributed by atoms with Gasteiger partial charge in [0.2, 0.25) is 0 Å². The van der Waals surface area contributed by atoms with E-state index in [0.29, 0.717) is 5.92 Å². The first-order valence-electron chi connectivity index (χ1n) is 4.03. The molecule has 64 valence electrons. The van der Waals surface area contributed by atoms with Crippen LogP contribution in [0.1, 0.15) is 19.8 Å². The molecule has 11 heavy (non-hydrogen) atoms. The van der Waals surface area contributed by atoms with Gasteiger partial charge >= 0.3 is 5.97 Å². The van der Waals surface area contributed by atoms with Crippen molar-refractivity contribution in [1.29, 1.82) is 0 Å². The second-order valence-electron chi connectivity index (χ2n) is 3.41. The van der Waals surface area contributed by atoms with Crippen LogP contribution in [0.4, 0.5) is 0 Å². The first kappa shape index (κ1) is 8.53. The number of carboxylic acids is 1. The standard InChI is InChI=1S/C8H15NO2/c1-6-3-4-9(2)7(6)5-8(10)11/h6-7H,3-5H2,1-2H3,(H,10,11)/t6-,7+/m0/s1. The molecule has 1 aliphatic rings. The summed E-state index contributed by atoms with van der Waals surface area (Å²) < 4.78 is 0. The molecule has 1 fully saturated rings. The lowest BCUT2D eigenvalue weighted by Gasteiger charge is -2.20. The monoisotopic (exact) mass is 157 g/mol. The molecular formula is C8H15NO2. The lowest BCUT2D eigenvalue weighted by molar-refractivity contribution is -0.138. The maximum absolute atomic E-state index is 10.4. The molecule has 1 heterocycles. The molecule has 1 saturated heterocycles. The van der Waals surface area contributed by atoms with Crippen LogP contribution in [0.15, 0.2) is 0 Å². The Morgan fingerprint density at radius 3 is 2.73 bits per heavy atom. The lowest BCUT2D eigenvalue weighted by atomic mass is 10.0. The molecule has 0 aromatic carbocycles. The van der Waals surface area contributed by atoms with Gasteiger partial charge in [0.1, 0.15) is 0 Å². The molecule has 1 aliphatic heterocycles. The smallest absolute Gasteiger partial charge is 0.304 e. The third-order valence-corrected chi connectivity index (χ3v) is 2.54. The molecule has 0 unspecified atom stereocenters. The van der Waals surface area contributed by atoms with Gasteiger partial charge in [0.25, 0.3) is 0 Å². The average molecular weight is 157 g/mol. The minimum absolute atomic E-state index is 0.257. The van der Waals surface area contributed by atoms with E-state index in [4.69, 9.17) is 5.11 Å². The van der Waals surface area contributed by atoms with Crippen molar-refractivity contribution in [2.45, 2.75) is 25.8 Å². The van der Waals surface area contributed by atoms with Gasteiger partial charge in [-0.3, -0.25) is 4.79 Å². The Bertz CT molecular complexity index is 148. The van der Waals surface area contributed by atoms with Crippen molar-refractivity contribution in [3.63, 3.8) is 0 Å². The van der Waals surface area contributed by atoms with E-state index in [1.165, 1.54) is 0 Å². The van der Waals surface area contributed by atoms with Crippen LogP contribution in [0.3, 0.4) is 0 Å². The van der Waals surface area contributed by atoms with Crippen LogP contribution in [-0.4, -0.2) is 35.6 Å². The van der Waals surface area contributed by atoms with Gasteiger partial charge in [-0.2, -0.15) is 0 Å². The number of nitrogens with zero attached hydrogens (tertiary/aromatic N) is 1. The number of aliphatic carboxylic acids is 1. The van der Waals surface area contributed by atoms with E-state index in [0.717, 1.165) is 13.0 Å². The molecule has 0 amide bonds. The van der Waals surface area contributed by atoms with Crippen molar-refractivity contribution >= 4 is 5.97 Å². The predicted molar refractivity (Wildman–Crippen MR) is 42.5 cm³/mol. The third kappa shape index (κ3) is 1.93. The topological polar surface area (TPSA) is 40.5 Å². The highest BCUT2D eigenvalue weighted by atomic mass is 16.4. The quantitative estimate of drug-likeness (QED) is 0.644. The normalized spacial score (nSPS) is 32.5. The van der Waals surface area contributed by atoms with Gasteiger partial charge < -0.3 is 10.0 Å². The highest BCUT2D eigenvalue weighted by Gasteiger charge is 2.29. The van der Waals surface area contributed by atoms with Crippen LogP contribution < -0.4 is 0 Å². The summed E-state index contributed by atoms with van der Waals surface area (Å²) in [5.41, 5.74) is 0. The summed E-state index contributed by atoms with van der Waals surface area (Å²) in [6.45, 7) is 3.16. The van der Waals surface area contributed by atoms with E-state index in [9.17, 15) is 4.79 Å². The van der Waals surface area contributed by atoms with Gasteiger partial charge in [-0.25, -0.2) is 0 Å². The lowest BCUT2D eigenvalue weighted by Crippen LogP contribution is -2.30. The largest absolute Gasteiger partial charge is 0.481 e. The fourth-order valence-electron chi connectivity index (χ4n) is 1.74. The van der Waals surface area contributed by atoms with E-state index in [1.54, 1.807) is 0 Å². The average Bonchev–Trinajstić information content (AvgIpc) is 2.18. The van der Waals surface area contributed by atoms with Crippen molar-refractivity contribution in [1.82, 2.24) is 4.90 Å². The molecule has 0 radical (unpaired) electrons. The summed E-state index contributed by atoms with van der Waals surface area (Å²) in [6, 6.07) is 0.257. The first-order chi connectivity index (χ1) is 5.11. The minimum atomic E-state index is -0.685. The van der Waals surface area contributed by atoms with Crippen LogP contribution in [0, 0.1) is 5.92 Å². The number of likely N-dealkylation sites (tertiary alicyclic amines) is 1. The molecule has 0 aromatic heterocycles. The maximum Gasteiger partial charge on any atom is 0.304 e.